The number of hydrogen-bond acceptors (Lipinski definition) is 6. The fourth-order valence-corrected chi connectivity index (χ4v) is 8.95. The summed E-state index contributed by atoms with van der Waals surface area (Å²) in [7, 11) is 0. The lowest BCUT2D eigenvalue weighted by Gasteiger charge is -2.18. The highest BCUT2D eigenvalue weighted by molar-refractivity contribution is 5.71. The fraction of sp³-hybridized carbons (Fsp3) is 0.776. The summed E-state index contributed by atoms with van der Waals surface area (Å²) in [5.41, 5.74) is 0. The third-order valence-electron chi connectivity index (χ3n) is 13.7. The van der Waals surface area contributed by atoms with E-state index in [-0.39, 0.29) is 31.1 Å². The minimum atomic E-state index is -0.783. The monoisotopic (exact) mass is 1020 g/mol. The summed E-state index contributed by atoms with van der Waals surface area (Å²) in [6, 6.07) is 0. The normalized spacial score (nSPS) is 12.5. The summed E-state index contributed by atoms with van der Waals surface area (Å²) >= 11 is 0. The number of unbranched alkanes of at least 4 members (excludes halogenated alkanes) is 34. The van der Waals surface area contributed by atoms with Gasteiger partial charge in [-0.1, -0.05) is 261 Å². The van der Waals surface area contributed by atoms with E-state index >= 15 is 0 Å². The number of rotatable bonds is 57. The molecule has 1 atom stereocenters. The second-order valence-electron chi connectivity index (χ2n) is 20.9. The first kappa shape index (κ1) is 69.8. The van der Waals surface area contributed by atoms with Gasteiger partial charge in [0.2, 0.25) is 0 Å². The Hall–Kier alpha value is -3.15. The molecule has 0 aliphatic carbocycles. The van der Waals surface area contributed by atoms with E-state index in [1.54, 1.807) is 0 Å². The molecule has 0 fully saturated rings. The predicted octanol–water partition coefficient (Wildman–Crippen LogP) is 21.3. The van der Waals surface area contributed by atoms with Crippen molar-refractivity contribution in [3.63, 3.8) is 0 Å². The summed E-state index contributed by atoms with van der Waals surface area (Å²) in [6.45, 7) is 6.54. The van der Waals surface area contributed by atoms with Gasteiger partial charge in [0, 0.05) is 19.3 Å². The summed E-state index contributed by atoms with van der Waals surface area (Å²) in [5.74, 6) is -0.883. The van der Waals surface area contributed by atoms with Crippen molar-refractivity contribution in [3.05, 3.63) is 72.9 Å². The summed E-state index contributed by atoms with van der Waals surface area (Å²) < 4.78 is 16.9. The lowest BCUT2D eigenvalue weighted by Crippen LogP contribution is -2.30. The molecule has 0 saturated carbocycles. The highest BCUT2D eigenvalue weighted by Gasteiger charge is 2.19. The second-order valence-corrected chi connectivity index (χ2v) is 20.9. The largest absolute Gasteiger partial charge is 0.462 e. The van der Waals surface area contributed by atoms with Crippen LogP contribution in [0.5, 0.6) is 0 Å². The van der Waals surface area contributed by atoms with E-state index in [0.717, 1.165) is 89.9 Å². The van der Waals surface area contributed by atoms with Crippen LogP contribution in [0.2, 0.25) is 0 Å². The molecule has 1 unspecified atom stereocenters. The standard InChI is InChI=1S/C67H118O6/c1-4-7-10-13-16-19-22-25-28-30-31-32-33-34-35-37-39-42-45-48-51-54-57-60-66(69)72-63-64(62-71-65(68)59-56-53-50-47-44-41-38-27-24-21-18-15-12-9-6-3)73-67(70)61-58-55-52-49-46-43-40-36-29-26-23-20-17-14-11-8-5-2/h7,10,16,19,25-29,31-32,38,64H,4-6,8-9,11-15,17-18,20-24,30,33-37,39-63H2,1-3H3/b10-7-,19-16-,28-25-,29-26-,32-31-,38-27-. The van der Waals surface area contributed by atoms with Gasteiger partial charge in [0.05, 0.1) is 0 Å². The number of esters is 3. The average Bonchev–Trinajstić information content (AvgIpc) is 3.39. The number of hydrogen-bond donors (Lipinski definition) is 0. The molecule has 0 saturated heterocycles. The molecule has 0 aromatic carbocycles. The maximum atomic E-state index is 12.9. The van der Waals surface area contributed by atoms with E-state index in [4.69, 9.17) is 14.2 Å². The Morgan fingerprint density at radius 2 is 0.534 bits per heavy atom. The molecule has 0 amide bonds. The molecule has 0 spiro atoms. The molecule has 73 heavy (non-hydrogen) atoms. The minimum Gasteiger partial charge on any atom is -0.462 e. The van der Waals surface area contributed by atoms with Gasteiger partial charge in [-0.05, 0) is 109 Å². The third kappa shape index (κ3) is 59.6. The predicted molar refractivity (Wildman–Crippen MR) is 316 cm³/mol. The zero-order valence-corrected chi connectivity index (χ0v) is 48.4. The van der Waals surface area contributed by atoms with Crippen LogP contribution in [-0.2, 0) is 28.6 Å². The molecular formula is C67H118O6. The first-order chi connectivity index (χ1) is 36.0. The summed E-state index contributed by atoms with van der Waals surface area (Å²) in [6.07, 6.45) is 79.0. The number of carbonyl (C=O) groups excluding carboxylic acids is 3. The fourth-order valence-electron chi connectivity index (χ4n) is 8.95. The maximum Gasteiger partial charge on any atom is 0.306 e. The molecule has 0 radical (unpaired) electrons. The van der Waals surface area contributed by atoms with E-state index in [9.17, 15) is 14.4 Å². The Morgan fingerprint density at radius 3 is 0.849 bits per heavy atom. The van der Waals surface area contributed by atoms with Crippen molar-refractivity contribution >= 4 is 17.9 Å². The van der Waals surface area contributed by atoms with Gasteiger partial charge < -0.3 is 14.2 Å². The van der Waals surface area contributed by atoms with E-state index in [1.165, 1.54) is 186 Å². The highest BCUT2D eigenvalue weighted by atomic mass is 16.6. The first-order valence-corrected chi connectivity index (χ1v) is 31.4. The van der Waals surface area contributed by atoms with Gasteiger partial charge in [-0.25, -0.2) is 0 Å². The molecule has 0 aromatic rings. The molecule has 422 valence electrons. The van der Waals surface area contributed by atoms with E-state index < -0.39 is 6.10 Å². The van der Waals surface area contributed by atoms with Crippen molar-refractivity contribution in [2.24, 2.45) is 0 Å². The second kappa shape index (κ2) is 61.4. The average molecular weight is 1020 g/mol. The van der Waals surface area contributed by atoms with Crippen LogP contribution in [0.4, 0.5) is 0 Å². The molecular weight excluding hydrogens is 901 g/mol. The van der Waals surface area contributed by atoms with E-state index in [1.807, 2.05) is 0 Å². The van der Waals surface area contributed by atoms with Gasteiger partial charge >= 0.3 is 17.9 Å². The van der Waals surface area contributed by atoms with Crippen molar-refractivity contribution in [2.75, 3.05) is 13.2 Å². The zero-order valence-electron chi connectivity index (χ0n) is 48.4. The smallest absolute Gasteiger partial charge is 0.306 e. The quantitative estimate of drug-likeness (QED) is 0.0261. The maximum absolute atomic E-state index is 12.9. The van der Waals surface area contributed by atoms with Crippen LogP contribution in [0.15, 0.2) is 72.9 Å². The molecule has 0 heterocycles. The van der Waals surface area contributed by atoms with Gasteiger partial charge in [0.25, 0.3) is 0 Å². The number of allylic oxidation sites excluding steroid dienone is 12. The van der Waals surface area contributed by atoms with Crippen LogP contribution in [0.1, 0.15) is 316 Å². The summed E-state index contributed by atoms with van der Waals surface area (Å²) in [5, 5.41) is 0. The number of carbonyl (C=O) groups is 3. The lowest BCUT2D eigenvalue weighted by atomic mass is 10.1. The Labute approximate surface area is 453 Å². The van der Waals surface area contributed by atoms with Crippen molar-refractivity contribution in [1.82, 2.24) is 0 Å². The lowest BCUT2D eigenvalue weighted by molar-refractivity contribution is -0.167. The van der Waals surface area contributed by atoms with Crippen LogP contribution in [0, 0.1) is 0 Å². The van der Waals surface area contributed by atoms with E-state index in [2.05, 4.69) is 93.7 Å². The van der Waals surface area contributed by atoms with Gasteiger partial charge in [0.1, 0.15) is 13.2 Å². The molecule has 0 aromatic heterocycles. The van der Waals surface area contributed by atoms with Crippen LogP contribution >= 0.6 is 0 Å². The zero-order chi connectivity index (χ0) is 52.9. The highest BCUT2D eigenvalue weighted by Crippen LogP contribution is 2.16. The van der Waals surface area contributed by atoms with Crippen molar-refractivity contribution in [3.8, 4) is 0 Å². The summed E-state index contributed by atoms with van der Waals surface area (Å²) in [4.78, 5) is 38.3. The molecule has 6 heteroatoms. The van der Waals surface area contributed by atoms with Crippen LogP contribution in [-0.4, -0.2) is 37.2 Å². The SMILES string of the molecule is CC/C=C\C/C=C\C/C=C\C/C=C\CCCCCCCCCCCCC(=O)OCC(COC(=O)CCCCCCC/C=C\CCCCCCCC)OC(=O)CCCCCCCCC/C=C\CCCCCCCC. The van der Waals surface area contributed by atoms with Gasteiger partial charge in [-0.3, -0.25) is 14.4 Å². The third-order valence-corrected chi connectivity index (χ3v) is 13.7. The van der Waals surface area contributed by atoms with Crippen molar-refractivity contribution in [1.29, 1.82) is 0 Å². The molecule has 0 aliphatic rings. The topological polar surface area (TPSA) is 78.9 Å². The van der Waals surface area contributed by atoms with Gasteiger partial charge in [0.15, 0.2) is 6.10 Å². The molecule has 0 aliphatic heterocycles. The van der Waals surface area contributed by atoms with Crippen LogP contribution in [0.3, 0.4) is 0 Å². The van der Waals surface area contributed by atoms with Gasteiger partial charge in [-0.2, -0.15) is 0 Å². The van der Waals surface area contributed by atoms with Crippen molar-refractivity contribution in [2.45, 2.75) is 322 Å². The number of ether oxygens (including phenoxy) is 3. The minimum absolute atomic E-state index is 0.0804. The van der Waals surface area contributed by atoms with E-state index in [0.29, 0.717) is 19.3 Å². The Bertz CT molecular complexity index is 1360. The Kier molecular flexibility index (Phi) is 58.7. The Balaban J connectivity index is 4.35. The van der Waals surface area contributed by atoms with Crippen molar-refractivity contribution < 1.29 is 28.6 Å². The van der Waals surface area contributed by atoms with Gasteiger partial charge in [-0.15, -0.1) is 0 Å². The molecule has 0 N–H and O–H groups in total. The Morgan fingerprint density at radius 1 is 0.288 bits per heavy atom. The first-order valence-electron chi connectivity index (χ1n) is 31.4. The molecule has 6 nitrogen and oxygen atoms in total. The molecule has 0 rings (SSSR count). The van der Waals surface area contributed by atoms with Crippen LogP contribution in [0.25, 0.3) is 0 Å². The molecule has 0 bridgehead atoms. The van der Waals surface area contributed by atoms with Crippen LogP contribution < -0.4 is 0 Å².